The van der Waals surface area contributed by atoms with E-state index in [2.05, 4.69) is 4.99 Å². The summed E-state index contributed by atoms with van der Waals surface area (Å²) < 4.78 is 26.8. The number of esters is 1. The summed E-state index contributed by atoms with van der Waals surface area (Å²) in [7, 11) is 4.57. The van der Waals surface area contributed by atoms with Crippen molar-refractivity contribution in [2.24, 2.45) is 4.99 Å². The molecule has 0 N–H and O–H groups in total. The first-order valence-electron chi connectivity index (χ1n) is 8.66. The van der Waals surface area contributed by atoms with Gasteiger partial charge in [-0.1, -0.05) is 0 Å². The average molecular weight is 383 g/mol. The predicted octanol–water partition coefficient (Wildman–Crippen LogP) is 3.46. The summed E-state index contributed by atoms with van der Waals surface area (Å²) in [5.41, 5.74) is 1.46. The number of benzene rings is 2. The van der Waals surface area contributed by atoms with E-state index in [-0.39, 0.29) is 11.6 Å². The number of nitrogens with zero attached hydrogens (tertiary/aromatic N) is 1. The highest BCUT2D eigenvalue weighted by Gasteiger charge is 2.25. The summed E-state index contributed by atoms with van der Waals surface area (Å²) in [6.07, 6.45) is 1.59. The minimum absolute atomic E-state index is 0.161. The lowest BCUT2D eigenvalue weighted by Crippen LogP contribution is -2.05. The van der Waals surface area contributed by atoms with Crippen molar-refractivity contribution in [3.05, 3.63) is 53.2 Å². The van der Waals surface area contributed by atoms with Gasteiger partial charge in [0.05, 0.1) is 27.9 Å². The Bertz CT molecular complexity index is 931. The van der Waals surface area contributed by atoms with Gasteiger partial charge in [-0.15, -0.1) is 0 Å². The highest BCUT2D eigenvalue weighted by molar-refractivity contribution is 6.13. The van der Waals surface area contributed by atoms with Gasteiger partial charge >= 0.3 is 5.97 Å². The molecule has 0 atom stereocenters. The summed E-state index contributed by atoms with van der Waals surface area (Å²) in [6, 6.07) is 10.7. The molecule has 0 radical (unpaired) electrons. The monoisotopic (exact) mass is 383 g/mol. The van der Waals surface area contributed by atoms with E-state index in [1.807, 2.05) is 6.92 Å². The van der Waals surface area contributed by atoms with Gasteiger partial charge in [-0.25, -0.2) is 9.79 Å². The molecule has 7 heteroatoms. The van der Waals surface area contributed by atoms with Crippen LogP contribution in [-0.4, -0.2) is 39.8 Å². The fourth-order valence-corrected chi connectivity index (χ4v) is 2.78. The van der Waals surface area contributed by atoms with Gasteiger partial charge in [0.1, 0.15) is 5.75 Å². The van der Waals surface area contributed by atoms with Crippen molar-refractivity contribution in [3.8, 4) is 23.0 Å². The van der Waals surface area contributed by atoms with E-state index in [1.54, 1.807) is 42.5 Å². The first-order chi connectivity index (χ1) is 13.6. The molecule has 1 aliphatic rings. The number of rotatable bonds is 7. The van der Waals surface area contributed by atoms with Crippen LogP contribution in [0.1, 0.15) is 18.1 Å². The Labute approximate surface area is 163 Å². The smallest absolute Gasteiger partial charge is 0.363 e. The van der Waals surface area contributed by atoms with Crippen LogP contribution in [-0.2, 0) is 9.53 Å². The highest BCUT2D eigenvalue weighted by Crippen LogP contribution is 2.40. The van der Waals surface area contributed by atoms with Crippen LogP contribution in [0.25, 0.3) is 6.08 Å². The number of hydrogen-bond acceptors (Lipinski definition) is 7. The highest BCUT2D eigenvalue weighted by atomic mass is 16.6. The van der Waals surface area contributed by atoms with E-state index < -0.39 is 5.97 Å². The molecule has 0 unspecified atom stereocenters. The van der Waals surface area contributed by atoms with Crippen molar-refractivity contribution in [3.63, 3.8) is 0 Å². The lowest BCUT2D eigenvalue weighted by Gasteiger charge is -2.14. The summed E-state index contributed by atoms with van der Waals surface area (Å²) in [5.74, 6) is 1.82. The molecule has 0 amide bonds. The minimum atomic E-state index is -0.541. The van der Waals surface area contributed by atoms with Crippen molar-refractivity contribution in [1.82, 2.24) is 0 Å². The molecular weight excluding hydrogens is 362 g/mol. The second kappa shape index (κ2) is 8.47. The molecule has 1 heterocycles. The molecule has 0 bridgehead atoms. The van der Waals surface area contributed by atoms with Crippen LogP contribution >= 0.6 is 0 Å². The Kier molecular flexibility index (Phi) is 5.84. The number of aliphatic imine (C=N–C) groups is 1. The number of cyclic esters (lactones) is 1. The average Bonchev–Trinajstić information content (AvgIpc) is 3.08. The molecule has 28 heavy (non-hydrogen) atoms. The molecule has 0 saturated carbocycles. The Hall–Kier alpha value is -3.48. The normalized spacial score (nSPS) is 14.5. The number of methoxy groups -OCH3 is 3. The third-order valence-electron chi connectivity index (χ3n) is 4.06. The summed E-state index contributed by atoms with van der Waals surface area (Å²) >= 11 is 0. The molecular formula is C21H21NO6. The molecule has 0 spiro atoms. The molecule has 7 nitrogen and oxygen atoms in total. The van der Waals surface area contributed by atoms with Gasteiger partial charge in [0.25, 0.3) is 0 Å². The standard InChI is InChI=1S/C21H21NO6/c1-5-27-15-9-6-13(7-10-15)20-22-16(21(23)28-20)12-14-8-11-17(24-2)19(26-4)18(14)25-3/h6-12H,5H2,1-4H3/b16-12-. The SMILES string of the molecule is CCOc1ccc(C2=N/C(=C\c3ccc(OC)c(OC)c3OC)C(=O)O2)cc1. The zero-order valence-corrected chi connectivity index (χ0v) is 16.1. The summed E-state index contributed by atoms with van der Waals surface area (Å²) in [5, 5.41) is 0. The molecule has 0 fully saturated rings. The Morgan fingerprint density at radius 3 is 2.29 bits per heavy atom. The maximum atomic E-state index is 12.3. The van der Waals surface area contributed by atoms with Crippen molar-refractivity contribution >= 4 is 17.9 Å². The van der Waals surface area contributed by atoms with Crippen LogP contribution in [0, 0.1) is 0 Å². The second-order valence-corrected chi connectivity index (χ2v) is 5.72. The maximum Gasteiger partial charge on any atom is 0.363 e. The van der Waals surface area contributed by atoms with E-state index in [9.17, 15) is 4.79 Å². The quantitative estimate of drug-likeness (QED) is 0.538. The second-order valence-electron chi connectivity index (χ2n) is 5.72. The van der Waals surface area contributed by atoms with E-state index in [0.717, 1.165) is 5.75 Å². The Balaban J connectivity index is 1.95. The van der Waals surface area contributed by atoms with Crippen LogP contribution in [0.15, 0.2) is 47.1 Å². The van der Waals surface area contributed by atoms with Crippen molar-refractivity contribution in [1.29, 1.82) is 0 Å². The van der Waals surface area contributed by atoms with Crippen LogP contribution in [0.2, 0.25) is 0 Å². The minimum Gasteiger partial charge on any atom is -0.494 e. The van der Waals surface area contributed by atoms with E-state index >= 15 is 0 Å². The molecule has 146 valence electrons. The maximum absolute atomic E-state index is 12.3. The third kappa shape index (κ3) is 3.78. The summed E-state index contributed by atoms with van der Waals surface area (Å²) in [6.45, 7) is 2.49. The Morgan fingerprint density at radius 1 is 0.964 bits per heavy atom. The molecule has 1 aliphatic heterocycles. The molecule has 0 saturated heterocycles. The molecule has 2 aromatic carbocycles. The first kappa shape index (κ1) is 19.3. The molecule has 0 aromatic heterocycles. The van der Waals surface area contributed by atoms with Crippen LogP contribution in [0.5, 0.6) is 23.0 Å². The predicted molar refractivity (Wildman–Crippen MR) is 104 cm³/mol. The van der Waals surface area contributed by atoms with Gasteiger partial charge in [0.2, 0.25) is 11.6 Å². The van der Waals surface area contributed by atoms with Gasteiger partial charge in [0.15, 0.2) is 17.2 Å². The fourth-order valence-electron chi connectivity index (χ4n) is 2.78. The van der Waals surface area contributed by atoms with Gasteiger partial charge in [0, 0.05) is 11.1 Å². The van der Waals surface area contributed by atoms with Crippen molar-refractivity contribution in [2.45, 2.75) is 6.92 Å². The largest absolute Gasteiger partial charge is 0.494 e. The van der Waals surface area contributed by atoms with Gasteiger partial charge < -0.3 is 23.7 Å². The van der Waals surface area contributed by atoms with E-state index in [0.29, 0.717) is 35.0 Å². The molecule has 2 aromatic rings. The zero-order valence-electron chi connectivity index (χ0n) is 16.1. The van der Waals surface area contributed by atoms with Crippen LogP contribution in [0.3, 0.4) is 0 Å². The fraction of sp³-hybridized carbons (Fsp3) is 0.238. The van der Waals surface area contributed by atoms with E-state index in [1.165, 1.54) is 21.3 Å². The van der Waals surface area contributed by atoms with Crippen LogP contribution in [0.4, 0.5) is 0 Å². The zero-order chi connectivity index (χ0) is 20.1. The number of hydrogen-bond donors (Lipinski definition) is 0. The third-order valence-corrected chi connectivity index (χ3v) is 4.06. The summed E-state index contributed by atoms with van der Waals surface area (Å²) in [4.78, 5) is 16.6. The van der Waals surface area contributed by atoms with Gasteiger partial charge in [-0.05, 0) is 49.4 Å². The van der Waals surface area contributed by atoms with Crippen molar-refractivity contribution in [2.75, 3.05) is 27.9 Å². The number of carbonyl (C=O) groups is 1. The number of carbonyl (C=O) groups excluding carboxylic acids is 1. The van der Waals surface area contributed by atoms with Gasteiger partial charge in [-0.3, -0.25) is 0 Å². The van der Waals surface area contributed by atoms with Crippen LogP contribution < -0.4 is 18.9 Å². The molecule has 0 aliphatic carbocycles. The van der Waals surface area contributed by atoms with E-state index in [4.69, 9.17) is 23.7 Å². The Morgan fingerprint density at radius 2 is 1.68 bits per heavy atom. The first-order valence-corrected chi connectivity index (χ1v) is 8.66. The van der Waals surface area contributed by atoms with Crippen molar-refractivity contribution < 1.29 is 28.5 Å². The lowest BCUT2D eigenvalue weighted by molar-refractivity contribution is -0.129. The lowest BCUT2D eigenvalue weighted by atomic mass is 10.1. The molecule has 3 rings (SSSR count). The number of ether oxygens (including phenoxy) is 5. The topological polar surface area (TPSA) is 75.6 Å². The van der Waals surface area contributed by atoms with Gasteiger partial charge in [-0.2, -0.15) is 0 Å².